The summed E-state index contributed by atoms with van der Waals surface area (Å²) in [5, 5.41) is 18.2. The van der Waals surface area contributed by atoms with Gasteiger partial charge in [-0.1, -0.05) is 6.42 Å². The molecule has 8 nitrogen and oxygen atoms in total. The third kappa shape index (κ3) is 5.22. The molecule has 1 aliphatic carbocycles. The van der Waals surface area contributed by atoms with Gasteiger partial charge in [-0.2, -0.15) is 18.4 Å². The van der Waals surface area contributed by atoms with E-state index in [1.807, 2.05) is 16.5 Å². The average Bonchev–Trinajstić information content (AvgIpc) is 3.48. The fourth-order valence-corrected chi connectivity index (χ4v) is 6.18. The Morgan fingerprint density at radius 2 is 1.88 bits per heavy atom. The van der Waals surface area contributed by atoms with Crippen molar-refractivity contribution >= 4 is 5.52 Å². The molecule has 1 unspecified atom stereocenters. The van der Waals surface area contributed by atoms with Crippen LogP contribution in [-0.2, 0) is 19.8 Å². The van der Waals surface area contributed by atoms with Gasteiger partial charge in [0.25, 0.3) is 0 Å². The number of piperidine rings is 1. The van der Waals surface area contributed by atoms with E-state index >= 15 is 0 Å². The monoisotopic (exact) mass is 581 g/mol. The summed E-state index contributed by atoms with van der Waals surface area (Å²) in [4.78, 5) is 15.6. The Kier molecular flexibility index (Phi) is 6.96. The molecule has 1 aromatic carbocycles. The van der Waals surface area contributed by atoms with Crippen molar-refractivity contribution < 1.29 is 17.6 Å². The van der Waals surface area contributed by atoms with Crippen LogP contribution in [0.3, 0.4) is 0 Å². The van der Waals surface area contributed by atoms with Crippen molar-refractivity contribution in [1.82, 2.24) is 28.6 Å². The highest BCUT2D eigenvalue weighted by molar-refractivity contribution is 5.58. The SMILES string of the molecule is Cn1cnnc1C(c1cc(C#N)cc(-n2cc3c(C(F)(F)F)cc(CN4CCC(C)(F)CC4)cn3c2=O)c1)C1CCC1. The van der Waals surface area contributed by atoms with E-state index in [2.05, 4.69) is 16.3 Å². The van der Waals surface area contributed by atoms with Crippen LogP contribution in [-0.4, -0.2) is 47.4 Å². The Morgan fingerprint density at radius 1 is 1.14 bits per heavy atom. The second kappa shape index (κ2) is 10.4. The van der Waals surface area contributed by atoms with Crippen LogP contribution in [0.25, 0.3) is 11.2 Å². The zero-order valence-corrected chi connectivity index (χ0v) is 23.4. The average molecular weight is 582 g/mol. The van der Waals surface area contributed by atoms with Crippen LogP contribution in [0, 0.1) is 17.2 Å². The van der Waals surface area contributed by atoms with Crippen molar-refractivity contribution in [3.05, 3.63) is 81.5 Å². The van der Waals surface area contributed by atoms with Gasteiger partial charge >= 0.3 is 11.9 Å². The highest BCUT2D eigenvalue weighted by Crippen LogP contribution is 2.43. The number of nitriles is 1. The molecule has 0 N–H and O–H groups in total. The first-order chi connectivity index (χ1) is 19.9. The molecule has 12 heteroatoms. The van der Waals surface area contributed by atoms with Crippen LogP contribution in [0.15, 0.2) is 47.8 Å². The van der Waals surface area contributed by atoms with Crippen LogP contribution in [0.2, 0.25) is 0 Å². The Bertz CT molecular complexity index is 1730. The van der Waals surface area contributed by atoms with Crippen molar-refractivity contribution in [2.75, 3.05) is 13.1 Å². The molecule has 3 aromatic heterocycles. The maximum atomic E-state index is 14.3. The second-order valence-corrected chi connectivity index (χ2v) is 11.9. The standard InChI is InChI=1S/C30H31F4N7O/c1-29(31)6-8-39(9-7-29)15-20-12-24(30(32,33)34)25-17-40(28(42)41(25)16-20)23-11-19(14-35)10-22(13-23)26(21-4-3-5-21)27-37-36-18-38(27)2/h10-13,16-18,21,26H,3-9,15H2,1-2H3. The lowest BCUT2D eigenvalue weighted by molar-refractivity contribution is -0.136. The lowest BCUT2D eigenvalue weighted by Crippen LogP contribution is -2.39. The van der Waals surface area contributed by atoms with Gasteiger partial charge in [0.05, 0.1) is 28.4 Å². The molecule has 2 aliphatic rings. The molecule has 1 aliphatic heterocycles. The van der Waals surface area contributed by atoms with Gasteiger partial charge in [0.2, 0.25) is 0 Å². The van der Waals surface area contributed by atoms with Crippen molar-refractivity contribution in [1.29, 1.82) is 5.26 Å². The first-order valence-electron chi connectivity index (χ1n) is 14.1. The Balaban J connectivity index is 1.45. The van der Waals surface area contributed by atoms with Crippen molar-refractivity contribution in [3.63, 3.8) is 0 Å². The zero-order chi connectivity index (χ0) is 29.8. The third-order valence-electron chi connectivity index (χ3n) is 8.79. The summed E-state index contributed by atoms with van der Waals surface area (Å²) < 4.78 is 61.2. The van der Waals surface area contributed by atoms with Gasteiger partial charge in [0.15, 0.2) is 0 Å². The molecule has 1 saturated heterocycles. The number of halogens is 4. The maximum absolute atomic E-state index is 14.3. The van der Waals surface area contributed by atoms with Gasteiger partial charge in [-0.3, -0.25) is 13.9 Å². The number of imidazole rings is 1. The summed E-state index contributed by atoms with van der Waals surface area (Å²) in [6.07, 6.45) is 3.12. The summed E-state index contributed by atoms with van der Waals surface area (Å²) in [5.74, 6) is 0.813. The number of likely N-dealkylation sites (tertiary alicyclic amines) is 1. The number of fused-ring (bicyclic) bond motifs is 1. The van der Waals surface area contributed by atoms with Gasteiger partial charge < -0.3 is 4.57 Å². The molecule has 6 rings (SSSR count). The minimum atomic E-state index is -4.71. The van der Waals surface area contributed by atoms with Crippen LogP contribution in [0.1, 0.15) is 73.0 Å². The van der Waals surface area contributed by atoms with Crippen LogP contribution >= 0.6 is 0 Å². The van der Waals surface area contributed by atoms with Gasteiger partial charge in [-0.05, 0) is 73.9 Å². The van der Waals surface area contributed by atoms with E-state index in [-0.39, 0.29) is 29.5 Å². The van der Waals surface area contributed by atoms with Gasteiger partial charge in [-0.25, -0.2) is 9.18 Å². The number of pyridine rings is 1. The summed E-state index contributed by atoms with van der Waals surface area (Å²) in [6.45, 7) is 2.54. The van der Waals surface area contributed by atoms with Gasteiger partial charge in [0.1, 0.15) is 17.8 Å². The molecule has 4 heterocycles. The highest BCUT2D eigenvalue weighted by atomic mass is 19.4. The van der Waals surface area contributed by atoms with E-state index in [1.165, 1.54) is 30.0 Å². The number of aryl methyl sites for hydroxylation is 1. The first-order valence-corrected chi connectivity index (χ1v) is 14.1. The molecular weight excluding hydrogens is 550 g/mol. The summed E-state index contributed by atoms with van der Waals surface area (Å²) in [7, 11) is 1.84. The van der Waals surface area contributed by atoms with Crippen molar-refractivity contribution in [2.45, 2.75) is 63.3 Å². The van der Waals surface area contributed by atoms with Crippen LogP contribution < -0.4 is 5.69 Å². The summed E-state index contributed by atoms with van der Waals surface area (Å²) >= 11 is 0. The summed E-state index contributed by atoms with van der Waals surface area (Å²) in [6, 6.07) is 8.23. The van der Waals surface area contributed by atoms with E-state index in [1.54, 1.807) is 18.5 Å². The number of alkyl halides is 4. The molecule has 1 saturated carbocycles. The minimum Gasteiger partial charge on any atom is -0.320 e. The van der Waals surface area contributed by atoms with Gasteiger partial charge in [0, 0.05) is 45.0 Å². The number of rotatable bonds is 6. The van der Waals surface area contributed by atoms with E-state index in [0.29, 0.717) is 37.2 Å². The molecular formula is C30H31F4N7O. The van der Waals surface area contributed by atoms with E-state index < -0.39 is 23.1 Å². The Labute approximate surface area is 239 Å². The molecule has 42 heavy (non-hydrogen) atoms. The first kappa shape index (κ1) is 28.2. The van der Waals surface area contributed by atoms with Gasteiger partial charge in [-0.15, -0.1) is 10.2 Å². The predicted molar refractivity (Wildman–Crippen MR) is 147 cm³/mol. The Hall–Kier alpha value is -3.98. The zero-order valence-electron chi connectivity index (χ0n) is 23.4. The topological polar surface area (TPSA) is 84.2 Å². The lowest BCUT2D eigenvalue weighted by atomic mass is 9.72. The van der Waals surface area contributed by atoms with Crippen LogP contribution in [0.4, 0.5) is 17.6 Å². The number of benzene rings is 1. The van der Waals surface area contributed by atoms with Crippen molar-refractivity contribution in [3.8, 4) is 11.8 Å². The fourth-order valence-electron chi connectivity index (χ4n) is 6.18. The quantitative estimate of drug-likeness (QED) is 0.286. The predicted octanol–water partition coefficient (Wildman–Crippen LogP) is 5.37. The van der Waals surface area contributed by atoms with Crippen molar-refractivity contribution in [2.24, 2.45) is 13.0 Å². The van der Waals surface area contributed by atoms with E-state index in [0.717, 1.165) is 41.1 Å². The fraction of sp³-hybridized carbons (Fsp3) is 0.467. The van der Waals surface area contributed by atoms with Crippen LogP contribution in [0.5, 0.6) is 0 Å². The molecule has 0 bridgehead atoms. The maximum Gasteiger partial charge on any atom is 0.418 e. The normalized spacial score (nSPS) is 18.6. The number of aromatic nitrogens is 5. The molecule has 0 spiro atoms. The number of nitrogens with zero attached hydrogens (tertiary/aromatic N) is 7. The molecule has 0 amide bonds. The highest BCUT2D eigenvalue weighted by Gasteiger charge is 2.36. The third-order valence-corrected chi connectivity index (χ3v) is 8.79. The van der Waals surface area contributed by atoms with E-state index in [9.17, 15) is 27.6 Å². The molecule has 220 valence electrons. The lowest BCUT2D eigenvalue weighted by Gasteiger charge is -2.34. The largest absolute Gasteiger partial charge is 0.418 e. The smallest absolute Gasteiger partial charge is 0.320 e. The minimum absolute atomic E-state index is 0.168. The number of hydrogen-bond donors (Lipinski definition) is 0. The molecule has 0 radical (unpaired) electrons. The van der Waals surface area contributed by atoms with E-state index in [4.69, 9.17) is 0 Å². The number of hydrogen-bond acceptors (Lipinski definition) is 5. The summed E-state index contributed by atoms with van der Waals surface area (Å²) in [5.41, 5.74) is -1.50. The molecule has 4 aromatic rings. The molecule has 2 fully saturated rings. The Morgan fingerprint density at radius 3 is 2.48 bits per heavy atom. The molecule has 1 atom stereocenters. The second-order valence-electron chi connectivity index (χ2n) is 11.9.